The van der Waals surface area contributed by atoms with Crippen LogP contribution in [-0.4, -0.2) is 18.3 Å². The van der Waals surface area contributed by atoms with Gasteiger partial charge in [-0.2, -0.15) is 0 Å². The van der Waals surface area contributed by atoms with Crippen LogP contribution in [0.4, 0.5) is 0 Å². The van der Waals surface area contributed by atoms with E-state index >= 15 is 0 Å². The summed E-state index contributed by atoms with van der Waals surface area (Å²) >= 11 is 6.12. The standard InChI is InChI=1S/C15H22ClNO/c16-15-8-4-3-6-13(15)10-17-9-12-5-1-2-7-14(12)11-18/h3-4,6,8,12,14,17-18H,1-2,5,7,9-11H2. The van der Waals surface area contributed by atoms with Crippen molar-refractivity contribution in [2.45, 2.75) is 32.2 Å². The first kappa shape index (κ1) is 13.9. The van der Waals surface area contributed by atoms with Crippen molar-refractivity contribution in [3.8, 4) is 0 Å². The summed E-state index contributed by atoms with van der Waals surface area (Å²) in [6, 6.07) is 7.95. The average Bonchev–Trinajstić information content (AvgIpc) is 2.41. The van der Waals surface area contributed by atoms with E-state index in [1.54, 1.807) is 0 Å². The maximum Gasteiger partial charge on any atom is 0.0462 e. The molecular weight excluding hydrogens is 246 g/mol. The van der Waals surface area contributed by atoms with E-state index in [1.165, 1.54) is 25.7 Å². The van der Waals surface area contributed by atoms with E-state index in [1.807, 2.05) is 18.2 Å². The SMILES string of the molecule is OCC1CCCCC1CNCc1ccccc1Cl. The maximum absolute atomic E-state index is 9.37. The molecule has 1 aromatic rings. The number of nitrogens with one attached hydrogen (secondary N) is 1. The fourth-order valence-corrected chi connectivity index (χ4v) is 3.03. The van der Waals surface area contributed by atoms with E-state index in [0.29, 0.717) is 18.4 Å². The summed E-state index contributed by atoms with van der Waals surface area (Å²) in [5, 5.41) is 13.7. The van der Waals surface area contributed by atoms with Crippen LogP contribution in [0.15, 0.2) is 24.3 Å². The summed E-state index contributed by atoms with van der Waals surface area (Å²) in [7, 11) is 0. The van der Waals surface area contributed by atoms with E-state index in [-0.39, 0.29) is 0 Å². The van der Waals surface area contributed by atoms with Crippen molar-refractivity contribution in [1.29, 1.82) is 0 Å². The van der Waals surface area contributed by atoms with Crippen LogP contribution in [0.25, 0.3) is 0 Å². The molecule has 100 valence electrons. The topological polar surface area (TPSA) is 32.3 Å². The molecule has 18 heavy (non-hydrogen) atoms. The molecule has 1 aromatic carbocycles. The van der Waals surface area contributed by atoms with Crippen molar-refractivity contribution in [1.82, 2.24) is 5.32 Å². The lowest BCUT2D eigenvalue weighted by molar-refractivity contribution is 0.133. The van der Waals surface area contributed by atoms with E-state index in [0.717, 1.165) is 23.7 Å². The molecular formula is C15H22ClNO. The molecule has 0 aliphatic heterocycles. The molecule has 0 radical (unpaired) electrons. The molecule has 3 heteroatoms. The predicted molar refractivity (Wildman–Crippen MR) is 75.7 cm³/mol. The molecule has 2 atom stereocenters. The van der Waals surface area contributed by atoms with Crippen LogP contribution in [0, 0.1) is 11.8 Å². The third-order valence-electron chi connectivity index (χ3n) is 3.98. The molecule has 0 heterocycles. The number of benzene rings is 1. The highest BCUT2D eigenvalue weighted by atomic mass is 35.5. The molecule has 1 saturated carbocycles. The molecule has 2 N–H and O–H groups in total. The lowest BCUT2D eigenvalue weighted by Gasteiger charge is -2.30. The van der Waals surface area contributed by atoms with Crippen LogP contribution >= 0.6 is 11.6 Å². The summed E-state index contributed by atoms with van der Waals surface area (Å²) in [6.45, 7) is 2.13. The fourth-order valence-electron chi connectivity index (χ4n) is 2.83. The third-order valence-corrected chi connectivity index (χ3v) is 4.35. The van der Waals surface area contributed by atoms with Gasteiger partial charge in [0.05, 0.1) is 0 Å². The molecule has 0 saturated heterocycles. The van der Waals surface area contributed by atoms with Gasteiger partial charge in [0, 0.05) is 18.2 Å². The number of hydrogen-bond donors (Lipinski definition) is 2. The van der Waals surface area contributed by atoms with Crippen molar-refractivity contribution in [2.24, 2.45) is 11.8 Å². The summed E-state index contributed by atoms with van der Waals surface area (Å²) < 4.78 is 0. The van der Waals surface area contributed by atoms with E-state index in [2.05, 4.69) is 11.4 Å². The average molecular weight is 268 g/mol. The van der Waals surface area contributed by atoms with Gasteiger partial charge in [0.15, 0.2) is 0 Å². The maximum atomic E-state index is 9.37. The molecule has 0 spiro atoms. The van der Waals surface area contributed by atoms with Crippen LogP contribution in [0.5, 0.6) is 0 Å². The Morgan fingerprint density at radius 3 is 2.61 bits per heavy atom. The van der Waals surface area contributed by atoms with Gasteiger partial charge >= 0.3 is 0 Å². The number of aliphatic hydroxyl groups is 1. The van der Waals surface area contributed by atoms with Crippen molar-refractivity contribution < 1.29 is 5.11 Å². The van der Waals surface area contributed by atoms with Gasteiger partial charge < -0.3 is 10.4 Å². The van der Waals surface area contributed by atoms with Gasteiger partial charge in [-0.1, -0.05) is 42.6 Å². The number of hydrogen-bond acceptors (Lipinski definition) is 2. The third kappa shape index (κ3) is 3.71. The fraction of sp³-hybridized carbons (Fsp3) is 0.600. The highest BCUT2D eigenvalue weighted by Crippen LogP contribution is 2.29. The van der Waals surface area contributed by atoms with Gasteiger partial charge in [-0.3, -0.25) is 0 Å². The van der Waals surface area contributed by atoms with Gasteiger partial charge in [-0.05, 0) is 42.9 Å². The van der Waals surface area contributed by atoms with Gasteiger partial charge in [-0.25, -0.2) is 0 Å². The lowest BCUT2D eigenvalue weighted by Crippen LogP contribution is -2.32. The van der Waals surface area contributed by atoms with Gasteiger partial charge in [0.25, 0.3) is 0 Å². The van der Waals surface area contributed by atoms with Gasteiger partial charge in [0.1, 0.15) is 0 Å². The smallest absolute Gasteiger partial charge is 0.0462 e. The number of halogens is 1. The summed E-state index contributed by atoms with van der Waals surface area (Å²) in [6.07, 6.45) is 4.98. The van der Waals surface area contributed by atoms with Crippen molar-refractivity contribution in [2.75, 3.05) is 13.2 Å². The predicted octanol–water partition coefficient (Wildman–Crippen LogP) is 3.23. The zero-order valence-corrected chi connectivity index (χ0v) is 11.5. The van der Waals surface area contributed by atoms with Gasteiger partial charge in [0.2, 0.25) is 0 Å². The number of aliphatic hydroxyl groups excluding tert-OH is 1. The van der Waals surface area contributed by atoms with Gasteiger partial charge in [-0.15, -0.1) is 0 Å². The quantitative estimate of drug-likeness (QED) is 0.859. The van der Waals surface area contributed by atoms with Crippen molar-refractivity contribution >= 4 is 11.6 Å². The summed E-state index contributed by atoms with van der Waals surface area (Å²) in [5.74, 6) is 1.10. The first-order valence-corrected chi connectivity index (χ1v) is 7.24. The Kier molecular flexibility index (Phi) is 5.48. The molecule has 2 nitrogen and oxygen atoms in total. The molecule has 1 aliphatic carbocycles. The summed E-state index contributed by atoms with van der Waals surface area (Å²) in [4.78, 5) is 0. The molecule has 0 bridgehead atoms. The summed E-state index contributed by atoms with van der Waals surface area (Å²) in [5.41, 5.74) is 1.15. The van der Waals surface area contributed by atoms with Crippen molar-refractivity contribution in [3.63, 3.8) is 0 Å². The molecule has 0 amide bonds. The van der Waals surface area contributed by atoms with Crippen LogP contribution in [0.2, 0.25) is 5.02 Å². The minimum Gasteiger partial charge on any atom is -0.396 e. The highest BCUT2D eigenvalue weighted by Gasteiger charge is 2.23. The van der Waals surface area contributed by atoms with Crippen LogP contribution in [-0.2, 0) is 6.54 Å². The normalized spacial score (nSPS) is 24.1. The second-order valence-corrected chi connectivity index (χ2v) is 5.62. The second-order valence-electron chi connectivity index (χ2n) is 5.21. The van der Waals surface area contributed by atoms with E-state index < -0.39 is 0 Å². The Labute approximate surface area is 114 Å². The minimum absolute atomic E-state index is 0.332. The van der Waals surface area contributed by atoms with Crippen LogP contribution in [0.3, 0.4) is 0 Å². The second kappa shape index (κ2) is 7.13. The monoisotopic (exact) mass is 267 g/mol. The number of rotatable bonds is 5. The molecule has 0 aromatic heterocycles. The molecule has 1 fully saturated rings. The minimum atomic E-state index is 0.332. The largest absolute Gasteiger partial charge is 0.396 e. The molecule has 1 aliphatic rings. The zero-order chi connectivity index (χ0) is 12.8. The Morgan fingerprint density at radius 2 is 1.89 bits per heavy atom. The molecule has 2 rings (SSSR count). The Morgan fingerprint density at radius 1 is 1.17 bits per heavy atom. The van der Waals surface area contributed by atoms with E-state index in [4.69, 9.17) is 11.6 Å². The first-order valence-electron chi connectivity index (χ1n) is 6.86. The van der Waals surface area contributed by atoms with E-state index in [9.17, 15) is 5.11 Å². The molecule has 2 unspecified atom stereocenters. The highest BCUT2D eigenvalue weighted by molar-refractivity contribution is 6.31. The first-order chi connectivity index (χ1) is 8.81. The van der Waals surface area contributed by atoms with Crippen molar-refractivity contribution in [3.05, 3.63) is 34.9 Å². The lowest BCUT2D eigenvalue weighted by atomic mass is 9.79. The Hall–Kier alpha value is -0.570. The van der Waals surface area contributed by atoms with Crippen LogP contribution in [0.1, 0.15) is 31.2 Å². The zero-order valence-electron chi connectivity index (χ0n) is 10.7. The van der Waals surface area contributed by atoms with Crippen LogP contribution < -0.4 is 5.32 Å². The Bertz CT molecular complexity index is 369. The Balaban J connectivity index is 1.79.